The summed E-state index contributed by atoms with van der Waals surface area (Å²) in [5.41, 5.74) is 1.94. The van der Waals surface area contributed by atoms with E-state index >= 15 is 0 Å². The van der Waals surface area contributed by atoms with Crippen molar-refractivity contribution in [3.8, 4) is 0 Å². The van der Waals surface area contributed by atoms with Crippen LogP contribution in [-0.2, 0) is 16.0 Å². The van der Waals surface area contributed by atoms with Gasteiger partial charge >= 0.3 is 0 Å². The Morgan fingerprint density at radius 3 is 2.62 bits per heavy atom. The van der Waals surface area contributed by atoms with Gasteiger partial charge in [-0.3, -0.25) is 14.4 Å². The molecule has 8 heteroatoms. The molecule has 3 aromatic rings. The van der Waals surface area contributed by atoms with Crippen LogP contribution in [0.2, 0.25) is 0 Å². The highest BCUT2D eigenvalue weighted by atomic mass is 16.5. The van der Waals surface area contributed by atoms with E-state index in [1.807, 2.05) is 30.5 Å². The number of hydrogen-bond acceptors (Lipinski definition) is 4. The number of carbonyl (C=O) groups is 2. The lowest BCUT2D eigenvalue weighted by Crippen LogP contribution is -2.52. The first-order valence-corrected chi connectivity index (χ1v) is 9.53. The number of para-hydroxylation sites is 1. The van der Waals surface area contributed by atoms with Crippen molar-refractivity contribution in [1.29, 1.82) is 0 Å². The molecule has 0 aliphatic carbocycles. The molecule has 1 aromatic carbocycles. The molecule has 2 aromatic heterocycles. The molecule has 3 heterocycles. The van der Waals surface area contributed by atoms with Crippen LogP contribution in [-0.4, -0.2) is 59.0 Å². The highest BCUT2D eigenvalue weighted by Crippen LogP contribution is 2.20. The minimum atomic E-state index is -0.730. The predicted octanol–water partition coefficient (Wildman–Crippen LogP) is 1.06. The van der Waals surface area contributed by atoms with Gasteiger partial charge in [0.05, 0.1) is 18.8 Å². The van der Waals surface area contributed by atoms with E-state index in [0.717, 1.165) is 16.5 Å². The molecular formula is C21H22N4O4. The quantitative estimate of drug-likeness (QED) is 0.601. The Kier molecular flexibility index (Phi) is 5.44. The summed E-state index contributed by atoms with van der Waals surface area (Å²) in [6.07, 6.45) is 3.57. The zero-order chi connectivity index (χ0) is 20.2. The molecule has 0 spiro atoms. The number of nitrogens with zero attached hydrogens (tertiary/aromatic N) is 1. The van der Waals surface area contributed by atoms with Crippen molar-refractivity contribution in [2.45, 2.75) is 12.5 Å². The molecule has 1 atom stereocenters. The van der Waals surface area contributed by atoms with Crippen LogP contribution < -0.4 is 10.9 Å². The van der Waals surface area contributed by atoms with Gasteiger partial charge in [-0.1, -0.05) is 18.2 Å². The summed E-state index contributed by atoms with van der Waals surface area (Å²) in [6.45, 7) is 1.97. The molecule has 29 heavy (non-hydrogen) atoms. The summed E-state index contributed by atoms with van der Waals surface area (Å²) < 4.78 is 5.33. The van der Waals surface area contributed by atoms with E-state index < -0.39 is 11.9 Å². The van der Waals surface area contributed by atoms with Crippen molar-refractivity contribution in [1.82, 2.24) is 20.2 Å². The number of benzene rings is 1. The largest absolute Gasteiger partial charge is 0.378 e. The molecule has 8 nitrogen and oxygen atoms in total. The first kappa shape index (κ1) is 18.9. The number of carbonyl (C=O) groups excluding carboxylic acids is 2. The van der Waals surface area contributed by atoms with E-state index in [2.05, 4.69) is 15.3 Å². The standard InChI is InChI=1S/C21H22N4O4/c26-19-6-5-14(12-23-19)20(27)24-18(21(28)25-7-9-29-10-8-25)11-15-13-22-17-4-2-1-3-16(15)17/h1-6,12-13,18,22H,7-11H2,(H,23,26)(H,24,27). The highest BCUT2D eigenvalue weighted by Gasteiger charge is 2.28. The lowest BCUT2D eigenvalue weighted by Gasteiger charge is -2.30. The summed E-state index contributed by atoms with van der Waals surface area (Å²) in [5, 5.41) is 3.86. The van der Waals surface area contributed by atoms with Gasteiger partial charge < -0.3 is 24.9 Å². The second kappa shape index (κ2) is 8.32. The van der Waals surface area contributed by atoms with Gasteiger partial charge in [0.1, 0.15) is 6.04 Å². The molecule has 150 valence electrons. The fourth-order valence-corrected chi connectivity index (χ4v) is 3.52. The number of nitrogens with one attached hydrogen (secondary N) is 3. The second-order valence-electron chi connectivity index (χ2n) is 6.97. The number of aromatic nitrogens is 2. The maximum atomic E-state index is 13.2. The van der Waals surface area contributed by atoms with Crippen molar-refractivity contribution < 1.29 is 14.3 Å². The van der Waals surface area contributed by atoms with Crippen LogP contribution in [0.1, 0.15) is 15.9 Å². The monoisotopic (exact) mass is 394 g/mol. The lowest BCUT2D eigenvalue weighted by atomic mass is 10.0. The fraction of sp³-hybridized carbons (Fsp3) is 0.286. The van der Waals surface area contributed by atoms with Crippen molar-refractivity contribution in [2.75, 3.05) is 26.3 Å². The normalized spacial score (nSPS) is 15.2. The second-order valence-corrected chi connectivity index (χ2v) is 6.97. The fourth-order valence-electron chi connectivity index (χ4n) is 3.52. The Hall–Kier alpha value is -3.39. The topological polar surface area (TPSA) is 107 Å². The number of rotatable bonds is 5. The Morgan fingerprint density at radius 2 is 1.86 bits per heavy atom. The van der Waals surface area contributed by atoms with E-state index in [-0.39, 0.29) is 11.5 Å². The van der Waals surface area contributed by atoms with Gasteiger partial charge in [-0.25, -0.2) is 0 Å². The van der Waals surface area contributed by atoms with Crippen LogP contribution >= 0.6 is 0 Å². The minimum Gasteiger partial charge on any atom is -0.378 e. The van der Waals surface area contributed by atoms with Crippen LogP contribution in [0.15, 0.2) is 53.6 Å². The molecule has 1 saturated heterocycles. The third kappa shape index (κ3) is 4.22. The van der Waals surface area contributed by atoms with Gasteiger partial charge in [0, 0.05) is 48.9 Å². The Balaban J connectivity index is 1.59. The number of ether oxygens (including phenoxy) is 1. The lowest BCUT2D eigenvalue weighted by molar-refractivity contribution is -0.137. The molecule has 2 amide bonds. The minimum absolute atomic E-state index is 0.142. The maximum absolute atomic E-state index is 13.2. The Morgan fingerprint density at radius 1 is 1.07 bits per heavy atom. The molecule has 1 unspecified atom stereocenters. The maximum Gasteiger partial charge on any atom is 0.253 e. The number of morpholine rings is 1. The van der Waals surface area contributed by atoms with Crippen LogP contribution in [0.3, 0.4) is 0 Å². The third-order valence-corrected chi connectivity index (χ3v) is 5.07. The number of aromatic amines is 2. The zero-order valence-electron chi connectivity index (χ0n) is 15.8. The van der Waals surface area contributed by atoms with Gasteiger partial charge in [0.25, 0.3) is 5.91 Å². The molecule has 0 radical (unpaired) electrons. The van der Waals surface area contributed by atoms with Crippen molar-refractivity contribution in [3.63, 3.8) is 0 Å². The van der Waals surface area contributed by atoms with E-state index in [1.54, 1.807) is 4.90 Å². The van der Waals surface area contributed by atoms with Gasteiger partial charge in [0.2, 0.25) is 11.5 Å². The van der Waals surface area contributed by atoms with Gasteiger partial charge in [-0.2, -0.15) is 0 Å². The molecule has 4 rings (SSSR count). The number of fused-ring (bicyclic) bond motifs is 1. The first-order valence-electron chi connectivity index (χ1n) is 9.53. The predicted molar refractivity (Wildman–Crippen MR) is 108 cm³/mol. The SMILES string of the molecule is O=C(NC(Cc1c[nH]c2ccccc12)C(=O)N1CCOCC1)c1ccc(=O)[nH]c1. The molecular weight excluding hydrogens is 372 g/mol. The third-order valence-electron chi connectivity index (χ3n) is 5.07. The average Bonchev–Trinajstić information content (AvgIpc) is 3.17. The van der Waals surface area contributed by atoms with Gasteiger partial charge in [0.15, 0.2) is 0 Å². The average molecular weight is 394 g/mol. The smallest absolute Gasteiger partial charge is 0.253 e. The van der Waals surface area contributed by atoms with Crippen molar-refractivity contribution >= 4 is 22.7 Å². The van der Waals surface area contributed by atoms with E-state index in [1.165, 1.54) is 18.3 Å². The summed E-state index contributed by atoms with van der Waals surface area (Å²) in [5.74, 6) is -0.552. The van der Waals surface area contributed by atoms with E-state index in [9.17, 15) is 14.4 Å². The van der Waals surface area contributed by atoms with E-state index in [4.69, 9.17) is 4.74 Å². The Bertz CT molecular complexity index is 1060. The molecule has 0 bridgehead atoms. The summed E-state index contributed by atoms with van der Waals surface area (Å²) in [6, 6.07) is 9.84. The van der Waals surface area contributed by atoms with Crippen LogP contribution in [0.5, 0.6) is 0 Å². The molecule has 1 aliphatic heterocycles. The zero-order valence-corrected chi connectivity index (χ0v) is 15.8. The summed E-state index contributed by atoms with van der Waals surface area (Å²) in [4.78, 5) is 44.5. The molecule has 0 saturated carbocycles. The van der Waals surface area contributed by atoms with Gasteiger partial charge in [-0.15, -0.1) is 0 Å². The van der Waals surface area contributed by atoms with Crippen molar-refractivity contribution in [3.05, 3.63) is 70.3 Å². The van der Waals surface area contributed by atoms with Crippen molar-refractivity contribution in [2.24, 2.45) is 0 Å². The molecule has 1 aliphatic rings. The van der Waals surface area contributed by atoms with Crippen LogP contribution in [0.25, 0.3) is 10.9 Å². The highest BCUT2D eigenvalue weighted by molar-refractivity contribution is 5.97. The number of H-pyrrole nitrogens is 2. The molecule has 3 N–H and O–H groups in total. The molecule has 1 fully saturated rings. The van der Waals surface area contributed by atoms with Gasteiger partial charge in [-0.05, 0) is 17.7 Å². The van der Waals surface area contributed by atoms with Crippen LogP contribution in [0, 0.1) is 0 Å². The summed E-state index contributed by atoms with van der Waals surface area (Å²) in [7, 11) is 0. The number of hydrogen-bond donors (Lipinski definition) is 3. The Labute approximate surface area is 166 Å². The van der Waals surface area contributed by atoms with E-state index in [0.29, 0.717) is 38.3 Å². The van der Waals surface area contributed by atoms with Crippen LogP contribution in [0.4, 0.5) is 0 Å². The first-order chi connectivity index (χ1) is 14.1. The number of pyridine rings is 1. The summed E-state index contributed by atoms with van der Waals surface area (Å²) >= 11 is 0. The number of amides is 2.